The predicted octanol–water partition coefficient (Wildman–Crippen LogP) is 5.88. The molecule has 0 amide bonds. The van der Waals surface area contributed by atoms with Crippen LogP contribution in [0.1, 0.15) is 65.2 Å². The van der Waals surface area contributed by atoms with Gasteiger partial charge in [-0.2, -0.15) is 0 Å². The van der Waals surface area contributed by atoms with E-state index in [2.05, 4.69) is 6.92 Å². The summed E-state index contributed by atoms with van der Waals surface area (Å²) in [5.74, 6) is 1.51. The van der Waals surface area contributed by atoms with Crippen LogP contribution < -0.4 is 0 Å². The molecule has 2 rings (SSSR count). The lowest BCUT2D eigenvalue weighted by Crippen LogP contribution is -2.28. The molecule has 2 aliphatic rings. The summed E-state index contributed by atoms with van der Waals surface area (Å²) in [6, 6.07) is 0. The van der Waals surface area contributed by atoms with E-state index in [1.54, 1.807) is 0 Å². The van der Waals surface area contributed by atoms with Crippen molar-refractivity contribution in [3.8, 4) is 0 Å². The van der Waals surface area contributed by atoms with Gasteiger partial charge in [0.1, 0.15) is 11.5 Å². The van der Waals surface area contributed by atoms with E-state index >= 15 is 0 Å². The number of hydrogen-bond donors (Lipinski definition) is 0. The van der Waals surface area contributed by atoms with E-state index < -0.39 is 12.3 Å². The molecule has 24 heavy (non-hydrogen) atoms. The summed E-state index contributed by atoms with van der Waals surface area (Å²) >= 11 is 0. The summed E-state index contributed by atoms with van der Waals surface area (Å²) in [7, 11) is 0. The van der Waals surface area contributed by atoms with Gasteiger partial charge in [0.15, 0.2) is 12.3 Å². The fraction of sp³-hybridized carbons (Fsp3) is 0.800. The number of allylic oxidation sites excluding steroid dienone is 4. The van der Waals surface area contributed by atoms with Gasteiger partial charge in [0.2, 0.25) is 0 Å². The van der Waals surface area contributed by atoms with Crippen LogP contribution in [0.25, 0.3) is 0 Å². The molecule has 0 aliphatic heterocycles. The SMILES string of the molecule is CCCCOC1=CC=C(OCC2CCC(CCC)CC2)C(F)C1F. The lowest BCUT2D eigenvalue weighted by Gasteiger charge is -2.29. The molecule has 138 valence electrons. The third-order valence-electron chi connectivity index (χ3n) is 5.13. The highest BCUT2D eigenvalue weighted by atomic mass is 19.2. The second-order valence-corrected chi connectivity index (χ2v) is 7.13. The van der Waals surface area contributed by atoms with E-state index in [1.807, 2.05) is 6.92 Å². The standard InChI is InChI=1S/C20H32F2O2/c1-3-5-13-23-17-11-12-18(20(22)19(17)21)24-14-16-9-7-15(6-4-2)8-10-16/h11-12,15-16,19-20H,3-10,13-14H2,1-2H3. The molecule has 0 aromatic heterocycles. The van der Waals surface area contributed by atoms with Gasteiger partial charge in [-0.15, -0.1) is 0 Å². The van der Waals surface area contributed by atoms with Crippen LogP contribution in [0.5, 0.6) is 0 Å². The van der Waals surface area contributed by atoms with E-state index in [9.17, 15) is 8.78 Å². The molecule has 2 aliphatic carbocycles. The average molecular weight is 342 g/mol. The molecule has 0 heterocycles. The number of hydrogen-bond acceptors (Lipinski definition) is 2. The van der Waals surface area contributed by atoms with Crippen LogP contribution in [0.3, 0.4) is 0 Å². The molecule has 0 aromatic carbocycles. The topological polar surface area (TPSA) is 18.5 Å². The van der Waals surface area contributed by atoms with Gasteiger partial charge in [0.05, 0.1) is 13.2 Å². The molecule has 0 bridgehead atoms. The van der Waals surface area contributed by atoms with Crippen molar-refractivity contribution in [2.24, 2.45) is 11.8 Å². The summed E-state index contributed by atoms with van der Waals surface area (Å²) in [6.07, 6.45) is 8.66. The van der Waals surface area contributed by atoms with Gasteiger partial charge in [-0.3, -0.25) is 0 Å². The summed E-state index contributed by atoms with van der Waals surface area (Å²) < 4.78 is 39.3. The Morgan fingerprint density at radius 2 is 1.46 bits per heavy atom. The number of rotatable bonds is 9. The zero-order valence-electron chi connectivity index (χ0n) is 15.1. The summed E-state index contributed by atoms with van der Waals surface area (Å²) in [5.41, 5.74) is 0. The Hall–Kier alpha value is -1.06. The number of unbranched alkanes of at least 4 members (excludes halogenated alkanes) is 1. The van der Waals surface area contributed by atoms with E-state index in [4.69, 9.17) is 9.47 Å². The van der Waals surface area contributed by atoms with Crippen molar-refractivity contribution in [3.63, 3.8) is 0 Å². The third-order valence-corrected chi connectivity index (χ3v) is 5.13. The van der Waals surface area contributed by atoms with Gasteiger partial charge in [-0.1, -0.05) is 46.0 Å². The molecule has 0 spiro atoms. The second kappa shape index (κ2) is 10.0. The first-order valence-corrected chi connectivity index (χ1v) is 9.61. The number of ether oxygens (including phenoxy) is 2. The number of halogens is 2. The molecule has 0 radical (unpaired) electrons. The van der Waals surface area contributed by atoms with Crippen molar-refractivity contribution < 1.29 is 18.3 Å². The molecule has 2 nitrogen and oxygen atoms in total. The van der Waals surface area contributed by atoms with Crippen LogP contribution in [-0.2, 0) is 9.47 Å². The zero-order chi connectivity index (χ0) is 17.4. The molecule has 1 saturated carbocycles. The molecule has 4 heteroatoms. The molecule has 1 fully saturated rings. The van der Waals surface area contributed by atoms with Crippen molar-refractivity contribution in [3.05, 3.63) is 23.7 Å². The molecule has 2 atom stereocenters. The first-order valence-electron chi connectivity index (χ1n) is 9.61. The van der Waals surface area contributed by atoms with Crippen LogP contribution in [-0.4, -0.2) is 25.6 Å². The largest absolute Gasteiger partial charge is 0.495 e. The molecule has 0 aromatic rings. The summed E-state index contributed by atoms with van der Waals surface area (Å²) in [6.45, 7) is 5.19. The van der Waals surface area contributed by atoms with E-state index in [0.29, 0.717) is 19.1 Å². The normalized spacial score (nSPS) is 30.5. The third kappa shape index (κ3) is 5.49. The fourth-order valence-corrected chi connectivity index (χ4v) is 3.54. The minimum atomic E-state index is -1.75. The summed E-state index contributed by atoms with van der Waals surface area (Å²) in [5, 5.41) is 0. The Morgan fingerprint density at radius 1 is 0.875 bits per heavy atom. The smallest absolute Gasteiger partial charge is 0.195 e. The van der Waals surface area contributed by atoms with E-state index in [-0.39, 0.29) is 11.5 Å². The van der Waals surface area contributed by atoms with Crippen molar-refractivity contribution >= 4 is 0 Å². The van der Waals surface area contributed by atoms with Gasteiger partial charge < -0.3 is 9.47 Å². The second-order valence-electron chi connectivity index (χ2n) is 7.13. The van der Waals surface area contributed by atoms with Gasteiger partial charge in [-0.25, -0.2) is 8.78 Å². The minimum Gasteiger partial charge on any atom is -0.495 e. The van der Waals surface area contributed by atoms with Gasteiger partial charge in [0.25, 0.3) is 0 Å². The van der Waals surface area contributed by atoms with E-state index in [0.717, 1.165) is 31.6 Å². The maximum atomic E-state index is 14.2. The molecule has 0 N–H and O–H groups in total. The highest BCUT2D eigenvalue weighted by molar-refractivity contribution is 5.25. The molecule has 0 saturated heterocycles. The minimum absolute atomic E-state index is 0.0865. The van der Waals surface area contributed by atoms with Gasteiger partial charge >= 0.3 is 0 Å². The van der Waals surface area contributed by atoms with Crippen molar-refractivity contribution in [1.29, 1.82) is 0 Å². The highest BCUT2D eigenvalue weighted by Gasteiger charge is 2.34. The summed E-state index contributed by atoms with van der Waals surface area (Å²) in [4.78, 5) is 0. The maximum absolute atomic E-state index is 14.2. The van der Waals surface area contributed by atoms with Crippen LogP contribution in [0.15, 0.2) is 23.7 Å². The first-order chi connectivity index (χ1) is 11.7. The maximum Gasteiger partial charge on any atom is 0.195 e. The Morgan fingerprint density at radius 3 is 2.04 bits per heavy atom. The molecular formula is C20H32F2O2. The fourth-order valence-electron chi connectivity index (χ4n) is 3.54. The van der Waals surface area contributed by atoms with Crippen LogP contribution in [0.4, 0.5) is 8.78 Å². The van der Waals surface area contributed by atoms with Crippen molar-refractivity contribution in [2.45, 2.75) is 77.6 Å². The molecule has 2 unspecified atom stereocenters. The van der Waals surface area contributed by atoms with Crippen LogP contribution in [0.2, 0.25) is 0 Å². The zero-order valence-corrected chi connectivity index (χ0v) is 15.1. The van der Waals surface area contributed by atoms with Crippen LogP contribution >= 0.6 is 0 Å². The predicted molar refractivity (Wildman–Crippen MR) is 93.1 cm³/mol. The lowest BCUT2D eigenvalue weighted by molar-refractivity contribution is 0.0543. The van der Waals surface area contributed by atoms with Gasteiger partial charge in [-0.05, 0) is 43.3 Å². The Balaban J connectivity index is 1.78. The van der Waals surface area contributed by atoms with Crippen molar-refractivity contribution in [1.82, 2.24) is 0 Å². The Kier molecular flexibility index (Phi) is 8.07. The van der Waals surface area contributed by atoms with Gasteiger partial charge in [0, 0.05) is 0 Å². The lowest BCUT2D eigenvalue weighted by atomic mass is 9.80. The van der Waals surface area contributed by atoms with Crippen molar-refractivity contribution in [2.75, 3.05) is 13.2 Å². The van der Waals surface area contributed by atoms with Crippen LogP contribution in [0, 0.1) is 11.8 Å². The quantitative estimate of drug-likeness (QED) is 0.487. The average Bonchev–Trinajstić information content (AvgIpc) is 2.60. The monoisotopic (exact) mass is 342 g/mol. The first kappa shape index (κ1) is 19.3. The molecular weight excluding hydrogens is 310 g/mol. The Bertz CT molecular complexity index is 425. The number of alkyl halides is 2. The van der Waals surface area contributed by atoms with E-state index in [1.165, 1.54) is 37.8 Å². The highest BCUT2D eigenvalue weighted by Crippen LogP contribution is 2.33. The Labute approximate surface area is 145 Å².